The highest BCUT2D eigenvalue weighted by Crippen LogP contribution is 2.25. The molecule has 1 aliphatic rings. The first-order valence-corrected chi connectivity index (χ1v) is 4.03. The van der Waals surface area contributed by atoms with E-state index in [0.29, 0.717) is 4.59 Å². The SMILES string of the molecule is CC1=N[N+](C)(c2cn[nH]c2)C=C1N. The molecule has 0 bridgehead atoms. The fraction of sp³-hybridized carbons (Fsp3) is 0.250. The standard InChI is InChI=1S/C8H12N5/c1-6-8(9)5-13(2,12-6)7-3-10-11-4-7/h3-5H,9H2,1-2H3,(H,10,11)/q+1. The molecule has 0 amide bonds. The van der Waals surface area contributed by atoms with E-state index in [2.05, 4.69) is 15.3 Å². The second-order valence-electron chi connectivity index (χ2n) is 3.25. The van der Waals surface area contributed by atoms with Crippen molar-refractivity contribution in [3.05, 3.63) is 24.3 Å². The number of allylic oxidation sites excluding steroid dienone is 1. The Hall–Kier alpha value is -1.62. The molecule has 3 N–H and O–H groups in total. The molecule has 1 aliphatic heterocycles. The topological polar surface area (TPSA) is 67.1 Å². The lowest BCUT2D eigenvalue weighted by Crippen LogP contribution is -2.30. The van der Waals surface area contributed by atoms with E-state index >= 15 is 0 Å². The number of aromatic amines is 1. The quantitative estimate of drug-likeness (QED) is 0.616. The predicted molar refractivity (Wildman–Crippen MR) is 51.7 cm³/mol. The van der Waals surface area contributed by atoms with E-state index in [1.165, 1.54) is 0 Å². The first-order chi connectivity index (χ1) is 6.12. The van der Waals surface area contributed by atoms with Gasteiger partial charge in [-0.2, -0.15) is 5.10 Å². The summed E-state index contributed by atoms with van der Waals surface area (Å²) in [5, 5.41) is 11.1. The average Bonchev–Trinajstić information content (AvgIpc) is 2.61. The van der Waals surface area contributed by atoms with Gasteiger partial charge in [-0.05, 0) is 6.92 Å². The van der Waals surface area contributed by atoms with E-state index in [1.807, 2.05) is 26.4 Å². The van der Waals surface area contributed by atoms with Crippen LogP contribution in [0.4, 0.5) is 5.69 Å². The van der Waals surface area contributed by atoms with Crippen molar-refractivity contribution in [2.45, 2.75) is 6.92 Å². The number of nitrogens with one attached hydrogen (secondary N) is 1. The Balaban J connectivity index is 2.46. The molecule has 5 nitrogen and oxygen atoms in total. The molecule has 0 saturated carbocycles. The molecule has 0 spiro atoms. The van der Waals surface area contributed by atoms with Crippen LogP contribution in [0, 0.1) is 0 Å². The molecule has 0 saturated heterocycles. The van der Waals surface area contributed by atoms with Crippen LogP contribution < -0.4 is 10.3 Å². The van der Waals surface area contributed by atoms with Gasteiger partial charge in [0, 0.05) is 0 Å². The third-order valence-electron chi connectivity index (χ3n) is 2.17. The van der Waals surface area contributed by atoms with Crippen LogP contribution in [0.2, 0.25) is 0 Å². The minimum atomic E-state index is 0.341. The van der Waals surface area contributed by atoms with E-state index in [-0.39, 0.29) is 0 Å². The average molecular weight is 178 g/mol. The van der Waals surface area contributed by atoms with Crippen molar-refractivity contribution in [3.8, 4) is 0 Å². The van der Waals surface area contributed by atoms with Crippen LogP contribution in [0.25, 0.3) is 0 Å². The third kappa shape index (κ3) is 1.13. The lowest BCUT2D eigenvalue weighted by molar-refractivity contribution is 0.482. The van der Waals surface area contributed by atoms with Crippen molar-refractivity contribution >= 4 is 11.4 Å². The molecule has 1 aromatic rings. The zero-order valence-corrected chi connectivity index (χ0v) is 7.65. The van der Waals surface area contributed by atoms with Crippen molar-refractivity contribution in [2.75, 3.05) is 7.05 Å². The van der Waals surface area contributed by atoms with Gasteiger partial charge in [0.05, 0.1) is 6.20 Å². The Bertz CT molecular complexity index is 355. The van der Waals surface area contributed by atoms with Gasteiger partial charge in [0.1, 0.15) is 24.7 Å². The molecule has 1 atom stereocenters. The summed E-state index contributed by atoms with van der Waals surface area (Å²) in [5.74, 6) is 0. The zero-order chi connectivity index (χ0) is 9.47. The second-order valence-corrected chi connectivity index (χ2v) is 3.25. The van der Waals surface area contributed by atoms with Crippen LogP contribution >= 0.6 is 0 Å². The van der Waals surface area contributed by atoms with Crippen molar-refractivity contribution in [3.63, 3.8) is 0 Å². The van der Waals surface area contributed by atoms with E-state index in [0.717, 1.165) is 17.1 Å². The summed E-state index contributed by atoms with van der Waals surface area (Å²) >= 11 is 0. The minimum Gasteiger partial charge on any atom is -0.393 e. The van der Waals surface area contributed by atoms with Crippen LogP contribution in [-0.2, 0) is 0 Å². The monoisotopic (exact) mass is 178 g/mol. The Morgan fingerprint density at radius 3 is 2.77 bits per heavy atom. The van der Waals surface area contributed by atoms with E-state index in [9.17, 15) is 0 Å². The van der Waals surface area contributed by atoms with Crippen molar-refractivity contribution in [1.29, 1.82) is 0 Å². The number of hydrogen-bond donors (Lipinski definition) is 2. The molecule has 0 radical (unpaired) electrons. The van der Waals surface area contributed by atoms with Gasteiger partial charge in [-0.15, -0.1) is 4.59 Å². The predicted octanol–water partition coefficient (Wildman–Crippen LogP) is 0.536. The molecular formula is C8H12N5+. The molecule has 68 valence electrons. The Morgan fingerprint density at radius 1 is 1.54 bits per heavy atom. The fourth-order valence-corrected chi connectivity index (χ4v) is 1.39. The number of nitrogens with zero attached hydrogens (tertiary/aromatic N) is 3. The second kappa shape index (κ2) is 2.43. The van der Waals surface area contributed by atoms with E-state index in [4.69, 9.17) is 5.73 Å². The first kappa shape index (κ1) is 8.00. The van der Waals surface area contributed by atoms with Gasteiger partial charge in [-0.3, -0.25) is 5.10 Å². The van der Waals surface area contributed by atoms with Crippen molar-refractivity contribution in [1.82, 2.24) is 14.8 Å². The summed E-state index contributed by atoms with van der Waals surface area (Å²) in [7, 11) is 1.95. The summed E-state index contributed by atoms with van der Waals surface area (Å²) in [6.07, 6.45) is 5.44. The Kier molecular flexibility index (Phi) is 1.50. The number of nitrogens with two attached hydrogens (primary N) is 1. The first-order valence-electron chi connectivity index (χ1n) is 4.03. The van der Waals surface area contributed by atoms with Gasteiger partial charge in [0.15, 0.2) is 6.20 Å². The molecule has 2 rings (SSSR count). The van der Waals surface area contributed by atoms with Crippen LogP contribution in [0.3, 0.4) is 0 Å². The third-order valence-corrected chi connectivity index (χ3v) is 2.17. The summed E-state index contributed by atoms with van der Waals surface area (Å²) in [4.78, 5) is 0. The Labute approximate surface area is 76.1 Å². The van der Waals surface area contributed by atoms with Crippen LogP contribution in [0.15, 0.2) is 29.4 Å². The molecule has 2 heterocycles. The van der Waals surface area contributed by atoms with Gasteiger partial charge in [-0.25, -0.2) is 0 Å². The molecule has 0 aliphatic carbocycles. The Morgan fingerprint density at radius 2 is 2.31 bits per heavy atom. The van der Waals surface area contributed by atoms with E-state index < -0.39 is 0 Å². The van der Waals surface area contributed by atoms with Crippen LogP contribution in [0.5, 0.6) is 0 Å². The lowest BCUT2D eigenvalue weighted by Gasteiger charge is -2.16. The molecule has 0 aromatic carbocycles. The minimum absolute atomic E-state index is 0.341. The summed E-state index contributed by atoms with van der Waals surface area (Å²) in [6, 6.07) is 0. The number of H-pyrrole nitrogens is 1. The summed E-state index contributed by atoms with van der Waals surface area (Å²) in [6.45, 7) is 1.90. The fourth-order valence-electron chi connectivity index (χ4n) is 1.39. The van der Waals surface area contributed by atoms with Gasteiger partial charge in [-0.1, -0.05) is 5.10 Å². The van der Waals surface area contributed by atoms with Crippen molar-refractivity contribution < 1.29 is 0 Å². The van der Waals surface area contributed by atoms with Gasteiger partial charge < -0.3 is 5.73 Å². The maximum Gasteiger partial charge on any atom is 0.201 e. The number of hydrogen-bond acceptors (Lipinski definition) is 3. The maximum absolute atomic E-state index is 5.74. The lowest BCUT2D eigenvalue weighted by atomic mass is 10.3. The van der Waals surface area contributed by atoms with Gasteiger partial charge in [0.2, 0.25) is 5.69 Å². The highest BCUT2D eigenvalue weighted by molar-refractivity contribution is 5.99. The molecule has 13 heavy (non-hydrogen) atoms. The van der Waals surface area contributed by atoms with E-state index in [1.54, 1.807) is 6.20 Å². The van der Waals surface area contributed by atoms with Gasteiger partial charge >= 0.3 is 0 Å². The zero-order valence-electron chi connectivity index (χ0n) is 7.65. The number of quaternary nitrogens is 1. The highest BCUT2D eigenvalue weighted by atomic mass is 15.6. The highest BCUT2D eigenvalue weighted by Gasteiger charge is 2.30. The summed E-state index contributed by atoms with van der Waals surface area (Å²) in [5.41, 5.74) is 8.31. The maximum atomic E-state index is 5.74. The number of aromatic nitrogens is 2. The molecule has 1 unspecified atom stereocenters. The normalized spacial score (nSPS) is 27.2. The molecule has 0 fully saturated rings. The smallest absolute Gasteiger partial charge is 0.201 e. The van der Waals surface area contributed by atoms with Crippen LogP contribution in [-0.4, -0.2) is 23.0 Å². The molecule has 1 aromatic heterocycles. The number of rotatable bonds is 1. The summed E-state index contributed by atoms with van der Waals surface area (Å²) < 4.78 is 0.341. The van der Waals surface area contributed by atoms with Crippen LogP contribution in [0.1, 0.15) is 6.92 Å². The molecule has 5 heteroatoms. The van der Waals surface area contributed by atoms with Gasteiger partial charge in [0.25, 0.3) is 0 Å². The molecular weight excluding hydrogens is 166 g/mol. The van der Waals surface area contributed by atoms with Crippen molar-refractivity contribution in [2.24, 2.45) is 10.8 Å². The largest absolute Gasteiger partial charge is 0.393 e.